The van der Waals surface area contributed by atoms with E-state index in [1.54, 1.807) is 0 Å². The number of hydrogen-bond acceptors (Lipinski definition) is 3. The summed E-state index contributed by atoms with van der Waals surface area (Å²) in [6.45, 7) is 6.02. The van der Waals surface area contributed by atoms with E-state index < -0.39 is 0 Å². The average Bonchev–Trinajstić information content (AvgIpc) is 2.77. The molecular weight excluding hydrogens is 252 g/mol. The standard InChI is InChI=1S/C16H20N2O2/c1-11-9-15(13(3)20-11)12(2)18-16(19)10-17-14-7-5-4-6-8-14/h4-9,12,17H,10H2,1-3H3,(H,18,19). The first-order valence-electron chi connectivity index (χ1n) is 6.71. The zero-order chi connectivity index (χ0) is 14.5. The van der Waals surface area contributed by atoms with Crippen molar-refractivity contribution < 1.29 is 9.21 Å². The van der Waals surface area contributed by atoms with Crippen molar-refractivity contribution in [1.82, 2.24) is 5.32 Å². The molecule has 20 heavy (non-hydrogen) atoms. The van der Waals surface area contributed by atoms with Crippen LogP contribution >= 0.6 is 0 Å². The van der Waals surface area contributed by atoms with Crippen molar-refractivity contribution in [3.05, 3.63) is 53.5 Å². The summed E-state index contributed by atoms with van der Waals surface area (Å²) in [7, 11) is 0. The number of carbonyl (C=O) groups is 1. The summed E-state index contributed by atoms with van der Waals surface area (Å²) in [5.41, 5.74) is 1.96. The van der Waals surface area contributed by atoms with Crippen LogP contribution in [-0.2, 0) is 4.79 Å². The number of benzene rings is 1. The molecule has 0 aliphatic carbocycles. The summed E-state index contributed by atoms with van der Waals surface area (Å²) in [6.07, 6.45) is 0. The van der Waals surface area contributed by atoms with Gasteiger partial charge < -0.3 is 15.1 Å². The molecule has 0 spiro atoms. The predicted octanol–water partition coefficient (Wildman–Crippen LogP) is 3.19. The van der Waals surface area contributed by atoms with Crippen molar-refractivity contribution in [3.63, 3.8) is 0 Å². The topological polar surface area (TPSA) is 54.3 Å². The first-order chi connectivity index (χ1) is 9.56. The maximum atomic E-state index is 11.9. The molecule has 1 heterocycles. The molecule has 0 aliphatic heterocycles. The summed E-state index contributed by atoms with van der Waals surface area (Å²) in [5.74, 6) is 1.67. The number of nitrogens with one attached hydrogen (secondary N) is 2. The van der Waals surface area contributed by atoms with Gasteiger partial charge in [-0.05, 0) is 39.0 Å². The van der Waals surface area contributed by atoms with E-state index in [2.05, 4.69) is 10.6 Å². The molecule has 1 amide bonds. The molecule has 4 heteroatoms. The Morgan fingerprint density at radius 2 is 1.95 bits per heavy atom. The Labute approximate surface area is 119 Å². The van der Waals surface area contributed by atoms with Gasteiger partial charge in [0.05, 0.1) is 12.6 Å². The third kappa shape index (κ3) is 3.63. The van der Waals surface area contributed by atoms with Crippen LogP contribution in [0.4, 0.5) is 5.69 Å². The second-order valence-corrected chi connectivity index (χ2v) is 4.88. The van der Waals surface area contributed by atoms with Crippen LogP contribution in [0.25, 0.3) is 0 Å². The third-order valence-electron chi connectivity index (χ3n) is 3.15. The van der Waals surface area contributed by atoms with Crippen LogP contribution in [0.3, 0.4) is 0 Å². The fourth-order valence-corrected chi connectivity index (χ4v) is 2.19. The molecule has 1 atom stereocenters. The highest BCUT2D eigenvalue weighted by atomic mass is 16.3. The minimum absolute atomic E-state index is 0.0420. The molecule has 0 bridgehead atoms. The lowest BCUT2D eigenvalue weighted by atomic mass is 10.1. The summed E-state index contributed by atoms with van der Waals surface area (Å²) in [4.78, 5) is 11.9. The molecule has 2 aromatic rings. The first-order valence-corrected chi connectivity index (χ1v) is 6.71. The van der Waals surface area contributed by atoms with Gasteiger partial charge in [0.25, 0.3) is 0 Å². The average molecular weight is 272 g/mol. The number of carbonyl (C=O) groups excluding carboxylic acids is 1. The van der Waals surface area contributed by atoms with Crippen LogP contribution in [0.2, 0.25) is 0 Å². The molecule has 1 aromatic carbocycles. The van der Waals surface area contributed by atoms with Crippen molar-refractivity contribution in [2.75, 3.05) is 11.9 Å². The second-order valence-electron chi connectivity index (χ2n) is 4.88. The van der Waals surface area contributed by atoms with Gasteiger partial charge in [-0.2, -0.15) is 0 Å². The van der Waals surface area contributed by atoms with Crippen LogP contribution in [0, 0.1) is 13.8 Å². The Hall–Kier alpha value is -2.23. The van der Waals surface area contributed by atoms with Gasteiger partial charge in [-0.25, -0.2) is 0 Å². The monoisotopic (exact) mass is 272 g/mol. The summed E-state index contributed by atoms with van der Waals surface area (Å²) < 4.78 is 5.48. The number of furan rings is 1. The normalized spacial score (nSPS) is 11.9. The van der Waals surface area contributed by atoms with E-state index in [0.29, 0.717) is 0 Å². The maximum absolute atomic E-state index is 11.9. The Morgan fingerprint density at radius 1 is 1.25 bits per heavy atom. The molecular formula is C16H20N2O2. The quantitative estimate of drug-likeness (QED) is 0.879. The van der Waals surface area contributed by atoms with Crippen molar-refractivity contribution in [1.29, 1.82) is 0 Å². The number of para-hydroxylation sites is 1. The Balaban J connectivity index is 1.87. The predicted molar refractivity (Wildman–Crippen MR) is 79.7 cm³/mol. The van der Waals surface area contributed by atoms with E-state index in [-0.39, 0.29) is 18.5 Å². The highest BCUT2D eigenvalue weighted by Crippen LogP contribution is 2.20. The zero-order valence-electron chi connectivity index (χ0n) is 12.1. The number of amides is 1. The fraction of sp³-hybridized carbons (Fsp3) is 0.312. The minimum atomic E-state index is -0.0578. The molecule has 2 rings (SSSR count). The highest BCUT2D eigenvalue weighted by molar-refractivity contribution is 5.81. The van der Waals surface area contributed by atoms with Crippen LogP contribution in [0.5, 0.6) is 0 Å². The number of hydrogen-bond donors (Lipinski definition) is 2. The van der Waals surface area contributed by atoms with Crippen molar-refractivity contribution in [2.45, 2.75) is 26.8 Å². The summed E-state index contributed by atoms with van der Waals surface area (Å²) in [5, 5.41) is 6.04. The largest absolute Gasteiger partial charge is 0.466 e. The summed E-state index contributed by atoms with van der Waals surface area (Å²) in [6, 6.07) is 11.6. The van der Waals surface area contributed by atoms with E-state index in [1.807, 2.05) is 57.2 Å². The van der Waals surface area contributed by atoms with E-state index in [9.17, 15) is 4.79 Å². The Morgan fingerprint density at radius 3 is 2.55 bits per heavy atom. The lowest BCUT2D eigenvalue weighted by Crippen LogP contribution is -2.32. The van der Waals surface area contributed by atoms with E-state index >= 15 is 0 Å². The molecule has 4 nitrogen and oxygen atoms in total. The molecule has 1 aromatic heterocycles. The van der Waals surface area contributed by atoms with Crippen LogP contribution in [0.15, 0.2) is 40.8 Å². The fourth-order valence-electron chi connectivity index (χ4n) is 2.19. The Kier molecular flexibility index (Phi) is 4.45. The number of rotatable bonds is 5. The van der Waals surface area contributed by atoms with Crippen LogP contribution in [0.1, 0.15) is 30.0 Å². The maximum Gasteiger partial charge on any atom is 0.239 e. The van der Waals surface area contributed by atoms with Gasteiger partial charge in [-0.15, -0.1) is 0 Å². The lowest BCUT2D eigenvalue weighted by molar-refractivity contribution is -0.120. The first kappa shape index (κ1) is 14.2. The van der Waals surface area contributed by atoms with Crippen molar-refractivity contribution in [2.24, 2.45) is 0 Å². The van der Waals surface area contributed by atoms with Gasteiger partial charge >= 0.3 is 0 Å². The zero-order valence-corrected chi connectivity index (χ0v) is 12.1. The SMILES string of the molecule is Cc1cc(C(C)NC(=O)CNc2ccccc2)c(C)o1. The number of anilines is 1. The van der Waals surface area contributed by atoms with Crippen LogP contribution < -0.4 is 10.6 Å². The second kappa shape index (κ2) is 6.28. The van der Waals surface area contributed by atoms with Gasteiger partial charge in [0.2, 0.25) is 5.91 Å². The smallest absolute Gasteiger partial charge is 0.239 e. The molecule has 0 aliphatic rings. The van der Waals surface area contributed by atoms with Crippen molar-refractivity contribution in [3.8, 4) is 0 Å². The molecule has 0 fully saturated rings. The van der Waals surface area contributed by atoms with Gasteiger partial charge in [-0.3, -0.25) is 4.79 Å². The third-order valence-corrected chi connectivity index (χ3v) is 3.15. The van der Waals surface area contributed by atoms with E-state index in [4.69, 9.17) is 4.42 Å². The Bertz CT molecular complexity index is 575. The van der Waals surface area contributed by atoms with Gasteiger partial charge in [0.1, 0.15) is 11.5 Å². The molecule has 0 saturated carbocycles. The minimum Gasteiger partial charge on any atom is -0.466 e. The lowest BCUT2D eigenvalue weighted by Gasteiger charge is -2.14. The number of aryl methyl sites for hydroxylation is 2. The van der Waals surface area contributed by atoms with E-state index in [0.717, 1.165) is 22.8 Å². The molecule has 0 radical (unpaired) electrons. The van der Waals surface area contributed by atoms with E-state index in [1.165, 1.54) is 0 Å². The van der Waals surface area contributed by atoms with Gasteiger partial charge in [-0.1, -0.05) is 18.2 Å². The molecule has 2 N–H and O–H groups in total. The van der Waals surface area contributed by atoms with Crippen LogP contribution in [-0.4, -0.2) is 12.5 Å². The molecule has 0 saturated heterocycles. The van der Waals surface area contributed by atoms with Gasteiger partial charge in [0, 0.05) is 11.3 Å². The summed E-state index contributed by atoms with van der Waals surface area (Å²) >= 11 is 0. The van der Waals surface area contributed by atoms with Gasteiger partial charge in [0.15, 0.2) is 0 Å². The molecule has 106 valence electrons. The van der Waals surface area contributed by atoms with Crippen molar-refractivity contribution >= 4 is 11.6 Å². The molecule has 1 unspecified atom stereocenters. The highest BCUT2D eigenvalue weighted by Gasteiger charge is 2.14.